The van der Waals surface area contributed by atoms with E-state index in [0.717, 1.165) is 0 Å². The van der Waals surface area contributed by atoms with Gasteiger partial charge in [-0.15, -0.1) is 11.3 Å². The predicted molar refractivity (Wildman–Crippen MR) is 112 cm³/mol. The summed E-state index contributed by atoms with van der Waals surface area (Å²) in [6, 6.07) is 5.35. The topological polar surface area (TPSA) is 128 Å². The number of likely N-dealkylation sites (tertiary alicyclic amines) is 1. The zero-order chi connectivity index (χ0) is 22.5. The molecule has 0 saturated carbocycles. The maximum atomic E-state index is 12.6. The number of rotatable bonds is 7. The van der Waals surface area contributed by atoms with Gasteiger partial charge in [-0.25, -0.2) is 4.79 Å². The monoisotopic (exact) mass is 447 g/mol. The molecule has 0 bridgehead atoms. The van der Waals surface area contributed by atoms with E-state index in [0.29, 0.717) is 35.5 Å². The fourth-order valence-electron chi connectivity index (χ4n) is 3.33. The Morgan fingerprint density at radius 3 is 2.77 bits per heavy atom. The fourth-order valence-corrected chi connectivity index (χ4v) is 4.01. The van der Waals surface area contributed by atoms with Crippen molar-refractivity contribution in [2.45, 2.75) is 25.8 Å². The van der Waals surface area contributed by atoms with Crippen molar-refractivity contribution >= 4 is 40.5 Å². The lowest BCUT2D eigenvalue weighted by Crippen LogP contribution is -2.41. The number of hydrogen-bond acceptors (Lipinski definition) is 8. The van der Waals surface area contributed by atoms with E-state index in [4.69, 9.17) is 9.47 Å². The summed E-state index contributed by atoms with van der Waals surface area (Å²) < 4.78 is 10.1. The summed E-state index contributed by atoms with van der Waals surface area (Å²) in [6.07, 6.45) is 1.14. The number of esters is 1. The highest BCUT2D eigenvalue weighted by atomic mass is 32.1. The van der Waals surface area contributed by atoms with Gasteiger partial charge in [-0.1, -0.05) is 6.07 Å². The molecule has 11 heteroatoms. The Morgan fingerprint density at radius 1 is 1.35 bits per heavy atom. The number of amides is 2. The van der Waals surface area contributed by atoms with E-state index in [2.05, 4.69) is 5.32 Å². The maximum Gasteiger partial charge on any atom is 0.329 e. The molecule has 164 valence electrons. The Balaban J connectivity index is 1.60. The van der Waals surface area contributed by atoms with Crippen LogP contribution >= 0.6 is 11.3 Å². The zero-order valence-electron chi connectivity index (χ0n) is 17.0. The van der Waals surface area contributed by atoms with Gasteiger partial charge in [0.1, 0.15) is 6.04 Å². The van der Waals surface area contributed by atoms with E-state index in [-0.39, 0.29) is 17.3 Å². The largest absolute Gasteiger partial charge is 0.490 e. The molecule has 1 atom stereocenters. The van der Waals surface area contributed by atoms with Crippen LogP contribution in [0.1, 0.15) is 28.1 Å². The lowest BCUT2D eigenvalue weighted by molar-refractivity contribution is -0.385. The summed E-state index contributed by atoms with van der Waals surface area (Å²) in [7, 11) is 1.29. The smallest absolute Gasteiger partial charge is 0.329 e. The first-order chi connectivity index (χ1) is 14.8. The molecule has 1 fully saturated rings. The molecule has 31 heavy (non-hydrogen) atoms. The van der Waals surface area contributed by atoms with E-state index >= 15 is 0 Å². The number of benzene rings is 1. The van der Waals surface area contributed by atoms with Gasteiger partial charge in [-0.3, -0.25) is 19.7 Å². The van der Waals surface area contributed by atoms with Crippen molar-refractivity contribution in [3.63, 3.8) is 0 Å². The quantitative estimate of drug-likeness (QED) is 0.393. The van der Waals surface area contributed by atoms with Gasteiger partial charge in [0.05, 0.1) is 16.9 Å². The van der Waals surface area contributed by atoms with Crippen molar-refractivity contribution in [1.29, 1.82) is 0 Å². The molecule has 1 saturated heterocycles. The highest BCUT2D eigenvalue weighted by Gasteiger charge is 2.36. The number of thiophene rings is 1. The van der Waals surface area contributed by atoms with Crippen LogP contribution in [0, 0.1) is 17.0 Å². The summed E-state index contributed by atoms with van der Waals surface area (Å²) >= 11 is 1.30. The molecule has 1 aliphatic rings. The van der Waals surface area contributed by atoms with Gasteiger partial charge >= 0.3 is 11.7 Å². The molecule has 1 aliphatic heterocycles. The number of carbonyl (C=O) groups is 3. The van der Waals surface area contributed by atoms with Gasteiger partial charge in [0.15, 0.2) is 12.4 Å². The molecular weight excluding hydrogens is 426 g/mol. The molecule has 0 spiro atoms. The number of nitro groups is 1. The standard InChI is InChI=1S/C20H21N3O7S/c1-12-9-15(23(27)28)16(29-2)10-13(12)21-18(24)11-30-20(26)14-5-3-7-22(14)19(25)17-6-4-8-31-17/h4,6,8-10,14H,3,5,7,11H2,1-2H3,(H,21,24). The second-order valence-electron chi connectivity index (χ2n) is 6.89. The van der Waals surface area contributed by atoms with Crippen molar-refractivity contribution < 1.29 is 28.8 Å². The second kappa shape index (κ2) is 9.56. The third-order valence-corrected chi connectivity index (χ3v) is 5.72. The summed E-state index contributed by atoms with van der Waals surface area (Å²) in [5, 5.41) is 15.4. The van der Waals surface area contributed by atoms with Crippen molar-refractivity contribution in [1.82, 2.24) is 4.90 Å². The molecule has 1 aromatic heterocycles. The Labute approximate surface area is 181 Å². The molecule has 3 rings (SSSR count). The van der Waals surface area contributed by atoms with Crippen LogP contribution in [0.25, 0.3) is 0 Å². The predicted octanol–water partition coefficient (Wildman–Crippen LogP) is 2.76. The van der Waals surface area contributed by atoms with Crippen LogP contribution in [0.2, 0.25) is 0 Å². The van der Waals surface area contributed by atoms with Crippen LogP contribution < -0.4 is 10.1 Å². The minimum atomic E-state index is -0.733. The van der Waals surface area contributed by atoms with Crippen LogP contribution in [0.4, 0.5) is 11.4 Å². The molecule has 1 aromatic carbocycles. The number of nitro benzene ring substituents is 1. The number of anilines is 1. The lowest BCUT2D eigenvalue weighted by atomic mass is 10.1. The number of methoxy groups -OCH3 is 1. The molecule has 0 aliphatic carbocycles. The first kappa shape index (κ1) is 22.2. The molecule has 1 unspecified atom stereocenters. The highest BCUT2D eigenvalue weighted by molar-refractivity contribution is 7.12. The Bertz CT molecular complexity index is 1010. The fraction of sp³-hybridized carbons (Fsp3) is 0.350. The molecule has 2 heterocycles. The van der Waals surface area contributed by atoms with Crippen LogP contribution in [0.3, 0.4) is 0 Å². The molecule has 1 N–H and O–H groups in total. The Kier molecular flexibility index (Phi) is 6.85. The van der Waals surface area contributed by atoms with Crippen LogP contribution in [0.5, 0.6) is 5.75 Å². The number of aryl methyl sites for hydroxylation is 1. The average molecular weight is 447 g/mol. The van der Waals surface area contributed by atoms with Crippen molar-refractivity contribution in [3.8, 4) is 5.75 Å². The van der Waals surface area contributed by atoms with E-state index in [1.54, 1.807) is 24.4 Å². The van der Waals surface area contributed by atoms with Gasteiger partial charge < -0.3 is 19.7 Å². The highest BCUT2D eigenvalue weighted by Crippen LogP contribution is 2.32. The van der Waals surface area contributed by atoms with E-state index in [1.807, 2.05) is 0 Å². The van der Waals surface area contributed by atoms with Crippen molar-refractivity contribution in [3.05, 3.63) is 50.2 Å². The second-order valence-corrected chi connectivity index (χ2v) is 7.83. The Morgan fingerprint density at radius 2 is 2.13 bits per heavy atom. The number of ether oxygens (including phenoxy) is 2. The van der Waals surface area contributed by atoms with Gasteiger partial charge in [0.2, 0.25) is 0 Å². The van der Waals surface area contributed by atoms with Gasteiger partial charge in [0.25, 0.3) is 11.8 Å². The minimum Gasteiger partial charge on any atom is -0.490 e. The van der Waals surface area contributed by atoms with Crippen LogP contribution in [-0.4, -0.2) is 53.9 Å². The molecule has 10 nitrogen and oxygen atoms in total. The van der Waals surface area contributed by atoms with Gasteiger partial charge in [0, 0.05) is 24.4 Å². The maximum absolute atomic E-state index is 12.6. The molecule has 2 amide bonds. The molecule has 0 radical (unpaired) electrons. The Hall–Kier alpha value is -3.47. The third-order valence-electron chi connectivity index (χ3n) is 4.86. The van der Waals surface area contributed by atoms with Crippen molar-refractivity contribution in [2.75, 3.05) is 25.6 Å². The summed E-state index contributed by atoms with van der Waals surface area (Å²) in [5.74, 6) is -1.49. The van der Waals surface area contributed by atoms with E-state index < -0.39 is 29.4 Å². The van der Waals surface area contributed by atoms with Crippen molar-refractivity contribution in [2.24, 2.45) is 0 Å². The average Bonchev–Trinajstić information content (AvgIpc) is 3.44. The third kappa shape index (κ3) is 5.00. The first-order valence-corrected chi connectivity index (χ1v) is 10.3. The van der Waals surface area contributed by atoms with E-state index in [1.165, 1.54) is 35.5 Å². The number of nitrogens with one attached hydrogen (secondary N) is 1. The molecular formula is C20H21N3O7S. The number of nitrogens with zero attached hydrogens (tertiary/aromatic N) is 2. The minimum absolute atomic E-state index is 0.00317. The van der Waals surface area contributed by atoms with Crippen LogP contribution in [-0.2, 0) is 14.3 Å². The SMILES string of the molecule is COc1cc(NC(=O)COC(=O)C2CCCN2C(=O)c2cccs2)c(C)cc1[N+](=O)[O-]. The molecule has 2 aromatic rings. The summed E-state index contributed by atoms with van der Waals surface area (Å²) in [4.78, 5) is 49.8. The zero-order valence-corrected chi connectivity index (χ0v) is 17.8. The normalized spacial score (nSPS) is 15.4. The first-order valence-electron chi connectivity index (χ1n) is 9.45. The number of hydrogen-bond donors (Lipinski definition) is 1. The van der Waals surface area contributed by atoms with Gasteiger partial charge in [-0.05, 0) is 36.8 Å². The van der Waals surface area contributed by atoms with E-state index in [9.17, 15) is 24.5 Å². The summed E-state index contributed by atoms with van der Waals surface area (Å²) in [6.45, 7) is 1.50. The van der Waals surface area contributed by atoms with Crippen LogP contribution in [0.15, 0.2) is 29.6 Å². The lowest BCUT2D eigenvalue weighted by Gasteiger charge is -2.22. The number of carbonyl (C=O) groups excluding carboxylic acids is 3. The van der Waals surface area contributed by atoms with Gasteiger partial charge in [-0.2, -0.15) is 0 Å². The summed E-state index contributed by atoms with van der Waals surface area (Å²) in [5.41, 5.74) is 0.538.